The summed E-state index contributed by atoms with van der Waals surface area (Å²) in [5.74, 6) is 0. The highest BCUT2D eigenvalue weighted by Crippen LogP contribution is 2.35. The zero-order chi connectivity index (χ0) is 17.9. The second-order valence-corrected chi connectivity index (χ2v) is 5.95. The average Bonchev–Trinajstić information content (AvgIpc) is 3.36. The van der Waals surface area contributed by atoms with E-state index < -0.39 is 0 Å². The highest BCUT2D eigenvalue weighted by molar-refractivity contribution is 5.68. The smallest absolute Gasteiger partial charge is 0.269 e. The highest BCUT2D eigenvalue weighted by Gasteiger charge is 2.21. The van der Waals surface area contributed by atoms with Gasteiger partial charge in [-0.1, -0.05) is 30.3 Å². The molecule has 0 aliphatic heterocycles. The molecule has 1 N–H and O–H groups in total. The van der Waals surface area contributed by atoms with E-state index in [0.717, 1.165) is 22.3 Å². The van der Waals surface area contributed by atoms with Crippen molar-refractivity contribution in [1.82, 2.24) is 14.5 Å². The first-order valence-corrected chi connectivity index (χ1v) is 8.18. The third kappa shape index (κ3) is 2.88. The fourth-order valence-corrected chi connectivity index (χ4v) is 3.18. The van der Waals surface area contributed by atoms with Crippen LogP contribution >= 0.6 is 0 Å². The van der Waals surface area contributed by atoms with E-state index in [-0.39, 0.29) is 16.7 Å². The van der Waals surface area contributed by atoms with E-state index in [2.05, 4.69) is 22.1 Å². The molecule has 0 aliphatic carbocycles. The minimum absolute atomic E-state index is 0.0792. The van der Waals surface area contributed by atoms with Gasteiger partial charge in [-0.2, -0.15) is 0 Å². The summed E-state index contributed by atoms with van der Waals surface area (Å²) >= 11 is 0. The number of aromatic amines is 1. The summed E-state index contributed by atoms with van der Waals surface area (Å²) in [5, 5.41) is 11.0. The molecular weight excluding hydrogens is 328 g/mol. The topological polar surface area (TPSA) is 76.8 Å². The maximum atomic E-state index is 11.0. The summed E-state index contributed by atoms with van der Waals surface area (Å²) in [7, 11) is 0. The van der Waals surface area contributed by atoms with Gasteiger partial charge in [-0.3, -0.25) is 10.1 Å². The van der Waals surface area contributed by atoms with E-state index in [4.69, 9.17) is 0 Å². The van der Waals surface area contributed by atoms with Crippen LogP contribution in [0.25, 0.3) is 11.1 Å². The van der Waals surface area contributed by atoms with E-state index in [9.17, 15) is 10.1 Å². The molecule has 0 spiro atoms. The SMILES string of the molecule is O=[N+]([O-])c1ccc(C(c2c[nH]cc2-c2ccccc2)n2ccnc2)cc1. The highest BCUT2D eigenvalue weighted by atomic mass is 16.6. The summed E-state index contributed by atoms with van der Waals surface area (Å²) in [6, 6.07) is 16.6. The van der Waals surface area contributed by atoms with Crippen LogP contribution in [0.3, 0.4) is 0 Å². The monoisotopic (exact) mass is 344 g/mol. The number of non-ortho nitro benzene ring substituents is 1. The van der Waals surface area contributed by atoms with Gasteiger partial charge in [0.2, 0.25) is 0 Å². The van der Waals surface area contributed by atoms with Crippen LogP contribution in [-0.2, 0) is 0 Å². The molecule has 26 heavy (non-hydrogen) atoms. The lowest BCUT2D eigenvalue weighted by Gasteiger charge is -2.20. The molecule has 0 saturated heterocycles. The number of nitro benzene ring substituents is 1. The van der Waals surface area contributed by atoms with Gasteiger partial charge in [0.25, 0.3) is 5.69 Å². The molecule has 128 valence electrons. The van der Waals surface area contributed by atoms with Crippen molar-refractivity contribution in [3.8, 4) is 11.1 Å². The van der Waals surface area contributed by atoms with Crippen molar-refractivity contribution in [2.24, 2.45) is 0 Å². The summed E-state index contributed by atoms with van der Waals surface area (Å²) in [5.41, 5.74) is 4.29. The lowest BCUT2D eigenvalue weighted by Crippen LogP contribution is -2.11. The minimum Gasteiger partial charge on any atom is -0.367 e. The van der Waals surface area contributed by atoms with E-state index in [0.29, 0.717) is 0 Å². The van der Waals surface area contributed by atoms with E-state index in [1.807, 2.05) is 41.4 Å². The number of benzene rings is 2. The zero-order valence-corrected chi connectivity index (χ0v) is 13.8. The van der Waals surface area contributed by atoms with E-state index in [1.54, 1.807) is 24.7 Å². The molecule has 2 heterocycles. The molecule has 4 rings (SSSR count). The third-order valence-corrected chi connectivity index (χ3v) is 4.40. The predicted molar refractivity (Wildman–Crippen MR) is 98.8 cm³/mol. The first-order valence-electron chi connectivity index (χ1n) is 8.18. The lowest BCUT2D eigenvalue weighted by molar-refractivity contribution is -0.384. The first-order chi connectivity index (χ1) is 12.7. The maximum Gasteiger partial charge on any atom is 0.269 e. The van der Waals surface area contributed by atoms with Crippen LogP contribution in [-0.4, -0.2) is 19.5 Å². The standard InChI is InChI=1S/C20H16N4O2/c25-24(26)17-8-6-16(7-9-17)20(23-11-10-21-14-23)19-13-22-12-18(19)15-4-2-1-3-5-15/h1-14,20,22H. The molecule has 4 aromatic rings. The number of H-pyrrole nitrogens is 1. The Morgan fingerprint density at radius 1 is 1.04 bits per heavy atom. The molecule has 2 aromatic carbocycles. The third-order valence-electron chi connectivity index (χ3n) is 4.40. The number of nitrogens with zero attached hydrogens (tertiary/aromatic N) is 3. The van der Waals surface area contributed by atoms with Gasteiger partial charge in [0.05, 0.1) is 17.3 Å². The Morgan fingerprint density at radius 3 is 2.46 bits per heavy atom. The minimum atomic E-state index is -0.387. The number of nitro groups is 1. The van der Waals surface area contributed by atoms with Crippen molar-refractivity contribution >= 4 is 5.69 Å². The Morgan fingerprint density at radius 2 is 1.81 bits per heavy atom. The Balaban J connectivity index is 1.84. The fraction of sp³-hybridized carbons (Fsp3) is 0.0500. The molecule has 0 bridgehead atoms. The van der Waals surface area contributed by atoms with Crippen LogP contribution in [0.4, 0.5) is 5.69 Å². The molecule has 0 saturated carbocycles. The fourth-order valence-electron chi connectivity index (χ4n) is 3.18. The van der Waals surface area contributed by atoms with Gasteiger partial charge in [-0.25, -0.2) is 4.98 Å². The number of rotatable bonds is 5. The van der Waals surface area contributed by atoms with Gasteiger partial charge < -0.3 is 9.55 Å². The molecule has 0 amide bonds. The largest absolute Gasteiger partial charge is 0.367 e. The summed E-state index contributed by atoms with van der Waals surface area (Å²) < 4.78 is 2.00. The van der Waals surface area contributed by atoms with Gasteiger partial charge in [-0.05, 0) is 23.3 Å². The van der Waals surface area contributed by atoms with Crippen molar-refractivity contribution in [2.45, 2.75) is 6.04 Å². The Kier molecular flexibility index (Phi) is 4.07. The molecular formula is C20H16N4O2. The van der Waals surface area contributed by atoms with Crippen LogP contribution in [0.1, 0.15) is 17.2 Å². The van der Waals surface area contributed by atoms with Gasteiger partial charge in [0.15, 0.2) is 0 Å². The van der Waals surface area contributed by atoms with Crippen LogP contribution in [0.2, 0.25) is 0 Å². The van der Waals surface area contributed by atoms with Crippen molar-refractivity contribution < 1.29 is 4.92 Å². The van der Waals surface area contributed by atoms with Crippen molar-refractivity contribution in [1.29, 1.82) is 0 Å². The predicted octanol–water partition coefficient (Wildman–Crippen LogP) is 4.42. The number of nitrogens with one attached hydrogen (secondary N) is 1. The van der Waals surface area contributed by atoms with Crippen molar-refractivity contribution in [3.63, 3.8) is 0 Å². The number of hydrogen-bond donors (Lipinski definition) is 1. The molecule has 1 atom stereocenters. The Hall–Kier alpha value is -3.67. The Labute approximate surface area is 149 Å². The first kappa shape index (κ1) is 15.8. The van der Waals surface area contributed by atoms with Crippen LogP contribution in [0, 0.1) is 10.1 Å². The van der Waals surface area contributed by atoms with Crippen LogP contribution in [0.15, 0.2) is 85.7 Å². The summed E-state index contributed by atoms with van der Waals surface area (Å²) in [6.07, 6.45) is 9.32. The van der Waals surface area contributed by atoms with E-state index >= 15 is 0 Å². The number of hydrogen-bond acceptors (Lipinski definition) is 3. The number of aromatic nitrogens is 3. The van der Waals surface area contributed by atoms with Gasteiger partial charge in [-0.15, -0.1) is 0 Å². The second kappa shape index (κ2) is 6.68. The summed E-state index contributed by atoms with van der Waals surface area (Å²) in [6.45, 7) is 0. The maximum absolute atomic E-state index is 11.0. The Bertz CT molecular complexity index is 1010. The molecule has 0 aliphatic rings. The van der Waals surface area contributed by atoms with Gasteiger partial charge in [0.1, 0.15) is 0 Å². The summed E-state index contributed by atoms with van der Waals surface area (Å²) in [4.78, 5) is 17.9. The molecule has 6 nitrogen and oxygen atoms in total. The normalized spacial score (nSPS) is 12.0. The van der Waals surface area contributed by atoms with Crippen LogP contribution < -0.4 is 0 Å². The molecule has 6 heteroatoms. The number of imidazole rings is 1. The quantitative estimate of drug-likeness (QED) is 0.430. The molecule has 1 unspecified atom stereocenters. The van der Waals surface area contributed by atoms with Gasteiger partial charge >= 0.3 is 0 Å². The van der Waals surface area contributed by atoms with Gasteiger partial charge in [0, 0.05) is 48.0 Å². The molecule has 0 fully saturated rings. The molecule has 0 radical (unpaired) electrons. The van der Waals surface area contributed by atoms with Crippen molar-refractivity contribution in [3.05, 3.63) is 107 Å². The molecule has 2 aromatic heterocycles. The van der Waals surface area contributed by atoms with Crippen molar-refractivity contribution in [2.75, 3.05) is 0 Å². The zero-order valence-electron chi connectivity index (χ0n) is 13.8. The van der Waals surface area contributed by atoms with E-state index in [1.165, 1.54) is 12.1 Å². The van der Waals surface area contributed by atoms with Crippen LogP contribution in [0.5, 0.6) is 0 Å². The average molecular weight is 344 g/mol. The lowest BCUT2D eigenvalue weighted by atomic mass is 9.94. The second-order valence-electron chi connectivity index (χ2n) is 5.95.